The lowest BCUT2D eigenvalue weighted by Crippen LogP contribution is -2.46. The lowest BCUT2D eigenvalue weighted by Gasteiger charge is -2.17. The van der Waals surface area contributed by atoms with Gasteiger partial charge in [-0.15, -0.1) is 24.2 Å². The Morgan fingerprint density at radius 3 is 2.90 bits per heavy atom. The highest BCUT2D eigenvalue weighted by atomic mass is 35.5. The molecule has 20 heavy (non-hydrogen) atoms. The molecule has 3 nitrogen and oxygen atoms in total. The zero-order valence-electron chi connectivity index (χ0n) is 11.0. The van der Waals surface area contributed by atoms with Crippen LogP contribution in [-0.4, -0.2) is 29.6 Å². The molecule has 1 heterocycles. The maximum atomic E-state index is 11.9. The van der Waals surface area contributed by atoms with Crippen molar-refractivity contribution in [2.75, 3.05) is 11.6 Å². The maximum Gasteiger partial charge on any atom is 0.238 e. The Kier molecular flexibility index (Phi) is 7.48. The minimum Gasteiger partial charge on any atom is -0.352 e. The van der Waals surface area contributed by atoms with Gasteiger partial charge in [0.25, 0.3) is 0 Å². The van der Waals surface area contributed by atoms with E-state index >= 15 is 0 Å². The third-order valence-corrected chi connectivity index (χ3v) is 4.49. The summed E-state index contributed by atoms with van der Waals surface area (Å²) < 4.78 is 0. The van der Waals surface area contributed by atoms with Gasteiger partial charge >= 0.3 is 0 Å². The van der Waals surface area contributed by atoms with Crippen LogP contribution in [0.5, 0.6) is 0 Å². The van der Waals surface area contributed by atoms with E-state index in [2.05, 4.69) is 10.6 Å². The largest absolute Gasteiger partial charge is 0.352 e. The Balaban J connectivity index is 0.00000200. The van der Waals surface area contributed by atoms with Crippen molar-refractivity contribution in [3.05, 3.63) is 33.8 Å². The summed E-state index contributed by atoms with van der Waals surface area (Å²) in [6, 6.07) is 5.40. The van der Waals surface area contributed by atoms with Gasteiger partial charge in [-0.05, 0) is 31.0 Å². The van der Waals surface area contributed by atoms with E-state index in [0.29, 0.717) is 16.5 Å². The monoisotopic (exact) mass is 354 g/mol. The predicted octanol–water partition coefficient (Wildman–Crippen LogP) is 3.12. The minimum atomic E-state index is -0.0758. The molecule has 1 aliphatic heterocycles. The van der Waals surface area contributed by atoms with Crippen LogP contribution in [0.2, 0.25) is 10.0 Å². The number of thioether (sulfide) groups is 1. The number of hydrogen-bond donors (Lipinski definition) is 2. The molecule has 1 amide bonds. The molecule has 2 N–H and O–H groups in total. The van der Waals surface area contributed by atoms with Crippen molar-refractivity contribution in [2.24, 2.45) is 0 Å². The van der Waals surface area contributed by atoms with E-state index in [0.717, 1.165) is 17.2 Å². The average Bonchev–Trinajstić information content (AvgIpc) is 2.86. The van der Waals surface area contributed by atoms with Crippen molar-refractivity contribution < 1.29 is 4.79 Å². The molecule has 112 valence electrons. The zero-order chi connectivity index (χ0) is 13.8. The predicted molar refractivity (Wildman–Crippen MR) is 89.3 cm³/mol. The summed E-state index contributed by atoms with van der Waals surface area (Å²) >= 11 is 13.7. The molecule has 7 heteroatoms. The number of nitrogens with one attached hydrogen (secondary N) is 2. The Morgan fingerprint density at radius 1 is 1.55 bits per heavy atom. The summed E-state index contributed by atoms with van der Waals surface area (Å²) in [6.07, 6.45) is 0.696. The van der Waals surface area contributed by atoms with E-state index in [1.807, 2.05) is 19.1 Å². The number of carbonyl (C=O) groups excluding carboxylic acids is 1. The number of halogens is 3. The first-order chi connectivity index (χ1) is 9.06. The molecule has 2 unspecified atom stereocenters. The highest BCUT2D eigenvalue weighted by molar-refractivity contribution is 7.99. The van der Waals surface area contributed by atoms with E-state index < -0.39 is 0 Å². The van der Waals surface area contributed by atoms with Crippen LogP contribution in [0.15, 0.2) is 18.2 Å². The van der Waals surface area contributed by atoms with Crippen LogP contribution >= 0.6 is 47.4 Å². The molecule has 2 rings (SSSR count). The molecule has 1 fully saturated rings. The van der Waals surface area contributed by atoms with Gasteiger partial charge in [-0.3, -0.25) is 10.1 Å². The van der Waals surface area contributed by atoms with Gasteiger partial charge in [0, 0.05) is 27.7 Å². The van der Waals surface area contributed by atoms with Gasteiger partial charge in [-0.2, -0.15) is 0 Å². The molecule has 0 radical (unpaired) electrons. The Morgan fingerprint density at radius 2 is 2.30 bits per heavy atom. The lowest BCUT2D eigenvalue weighted by atomic mass is 10.1. The fourth-order valence-corrected chi connectivity index (χ4v) is 3.40. The van der Waals surface area contributed by atoms with Gasteiger partial charge in [-0.25, -0.2) is 0 Å². The van der Waals surface area contributed by atoms with Gasteiger partial charge in [0.15, 0.2) is 0 Å². The molecular weight excluding hydrogens is 339 g/mol. The number of benzene rings is 1. The van der Waals surface area contributed by atoms with Crippen LogP contribution < -0.4 is 10.6 Å². The van der Waals surface area contributed by atoms with Crippen LogP contribution in [0.3, 0.4) is 0 Å². The van der Waals surface area contributed by atoms with Crippen molar-refractivity contribution in [1.29, 1.82) is 0 Å². The highest BCUT2D eigenvalue weighted by Gasteiger charge is 2.23. The Bertz CT molecular complexity index is 467. The van der Waals surface area contributed by atoms with E-state index in [1.165, 1.54) is 0 Å². The molecule has 0 saturated carbocycles. The van der Waals surface area contributed by atoms with Gasteiger partial charge in [0.05, 0.1) is 6.04 Å². The third kappa shape index (κ3) is 5.01. The van der Waals surface area contributed by atoms with Crippen molar-refractivity contribution in [3.8, 4) is 0 Å². The van der Waals surface area contributed by atoms with Crippen molar-refractivity contribution in [3.63, 3.8) is 0 Å². The second-order valence-electron chi connectivity index (χ2n) is 4.62. The van der Waals surface area contributed by atoms with Crippen molar-refractivity contribution >= 4 is 53.3 Å². The summed E-state index contributed by atoms with van der Waals surface area (Å²) in [5, 5.41) is 7.42. The fourth-order valence-electron chi connectivity index (χ4n) is 1.98. The van der Waals surface area contributed by atoms with Crippen molar-refractivity contribution in [2.45, 2.75) is 25.4 Å². The van der Waals surface area contributed by atoms with Gasteiger partial charge < -0.3 is 5.32 Å². The second kappa shape index (κ2) is 8.35. The van der Waals surface area contributed by atoms with E-state index in [-0.39, 0.29) is 30.4 Å². The topological polar surface area (TPSA) is 41.1 Å². The summed E-state index contributed by atoms with van der Waals surface area (Å²) in [5.74, 6) is 1.73. The first-order valence-electron chi connectivity index (χ1n) is 6.11. The van der Waals surface area contributed by atoms with Crippen LogP contribution in [0.4, 0.5) is 0 Å². The summed E-state index contributed by atoms with van der Waals surface area (Å²) in [7, 11) is 0. The Labute approximate surface area is 139 Å². The second-order valence-corrected chi connectivity index (χ2v) is 6.50. The van der Waals surface area contributed by atoms with E-state index in [4.69, 9.17) is 23.2 Å². The van der Waals surface area contributed by atoms with Gasteiger partial charge in [0.1, 0.15) is 0 Å². The minimum absolute atomic E-state index is 0. The van der Waals surface area contributed by atoms with E-state index in [1.54, 1.807) is 17.8 Å². The maximum absolute atomic E-state index is 11.9. The van der Waals surface area contributed by atoms with E-state index in [9.17, 15) is 4.79 Å². The Hall–Kier alpha value is -0.130. The van der Waals surface area contributed by atoms with Crippen molar-refractivity contribution in [1.82, 2.24) is 10.6 Å². The normalized spacial score (nSPS) is 19.2. The first-order valence-corrected chi connectivity index (χ1v) is 8.03. The standard InChI is InChI=1S/C13H16Cl2N2OS.ClH/c1-8(17-13(18)12-6-19-7-16-12)4-9-2-3-10(14)5-11(9)15;/h2-3,5,8,12,16H,4,6-7H2,1H3,(H,17,18);1H. The zero-order valence-corrected chi connectivity index (χ0v) is 14.1. The third-order valence-electron chi connectivity index (χ3n) is 2.96. The number of carbonyl (C=O) groups is 1. The fraction of sp³-hybridized carbons (Fsp3) is 0.462. The van der Waals surface area contributed by atoms with Crippen LogP contribution in [0.25, 0.3) is 0 Å². The highest BCUT2D eigenvalue weighted by Crippen LogP contribution is 2.22. The summed E-state index contributed by atoms with van der Waals surface area (Å²) in [5.41, 5.74) is 0.993. The molecule has 1 aliphatic rings. The first kappa shape index (κ1) is 17.9. The number of amides is 1. The summed E-state index contributed by atoms with van der Waals surface area (Å²) in [4.78, 5) is 11.9. The molecule has 0 aromatic heterocycles. The van der Waals surface area contributed by atoms with Gasteiger partial charge in [-0.1, -0.05) is 29.3 Å². The lowest BCUT2D eigenvalue weighted by molar-refractivity contribution is -0.123. The molecule has 0 spiro atoms. The van der Waals surface area contributed by atoms with Gasteiger partial charge in [0.2, 0.25) is 5.91 Å². The summed E-state index contributed by atoms with van der Waals surface area (Å²) in [6.45, 7) is 1.98. The SMILES string of the molecule is CC(Cc1ccc(Cl)cc1Cl)NC(=O)C1CSCN1.Cl. The molecule has 0 aliphatic carbocycles. The van der Waals surface area contributed by atoms with Crippen LogP contribution in [0, 0.1) is 0 Å². The van der Waals surface area contributed by atoms with Crippen LogP contribution in [0.1, 0.15) is 12.5 Å². The molecular formula is C13H17Cl3N2OS. The van der Waals surface area contributed by atoms with Crippen LogP contribution in [-0.2, 0) is 11.2 Å². The molecule has 0 bridgehead atoms. The molecule has 2 atom stereocenters. The molecule has 1 aromatic rings. The molecule has 1 saturated heterocycles. The number of rotatable bonds is 4. The average molecular weight is 356 g/mol. The molecule has 1 aromatic carbocycles. The smallest absolute Gasteiger partial charge is 0.238 e. The quantitative estimate of drug-likeness (QED) is 0.872. The number of hydrogen-bond acceptors (Lipinski definition) is 3.